The maximum Gasteiger partial charge on any atom is 0.0589 e. The molecule has 1 atom stereocenters. The molecule has 1 aliphatic rings. The molecule has 14 heavy (non-hydrogen) atoms. The molecular formula is C11H24N2O. The molecule has 0 saturated carbocycles. The minimum atomic E-state index is 0.321. The maximum atomic E-state index is 5.14. The maximum absolute atomic E-state index is 5.14. The summed E-state index contributed by atoms with van der Waals surface area (Å²) in [4.78, 5) is 2.54. The van der Waals surface area contributed by atoms with Crippen LogP contribution >= 0.6 is 0 Å². The van der Waals surface area contributed by atoms with Gasteiger partial charge in [0.25, 0.3) is 0 Å². The van der Waals surface area contributed by atoms with Crippen LogP contribution < -0.4 is 5.32 Å². The van der Waals surface area contributed by atoms with E-state index in [1.165, 1.54) is 13.0 Å². The van der Waals surface area contributed by atoms with E-state index in [2.05, 4.69) is 24.1 Å². The molecule has 1 fully saturated rings. The van der Waals surface area contributed by atoms with Crippen LogP contribution in [0.4, 0.5) is 0 Å². The summed E-state index contributed by atoms with van der Waals surface area (Å²) >= 11 is 0. The van der Waals surface area contributed by atoms with Crippen molar-refractivity contribution in [2.24, 2.45) is 5.92 Å². The van der Waals surface area contributed by atoms with Crippen molar-refractivity contribution in [1.82, 2.24) is 10.2 Å². The van der Waals surface area contributed by atoms with Crippen molar-refractivity contribution in [3.05, 3.63) is 0 Å². The van der Waals surface area contributed by atoms with Gasteiger partial charge in [0.1, 0.15) is 0 Å². The first kappa shape index (κ1) is 12.0. The molecule has 1 unspecified atom stereocenters. The molecule has 0 aliphatic carbocycles. The molecule has 3 nitrogen and oxygen atoms in total. The minimum absolute atomic E-state index is 0.321. The standard InChI is InChI=1S/C11H24N2O/c1-11(2)10(9-12-3)5-6-13(11)7-8-14-4/h10,12H,5-9H2,1-4H3. The van der Waals surface area contributed by atoms with Crippen LogP contribution in [-0.2, 0) is 4.74 Å². The summed E-state index contributed by atoms with van der Waals surface area (Å²) in [7, 11) is 3.81. The fraction of sp³-hybridized carbons (Fsp3) is 1.00. The SMILES string of the molecule is CNCC1CCN(CCOC)C1(C)C. The van der Waals surface area contributed by atoms with Crippen molar-refractivity contribution in [3.63, 3.8) is 0 Å². The topological polar surface area (TPSA) is 24.5 Å². The highest BCUT2D eigenvalue weighted by atomic mass is 16.5. The van der Waals surface area contributed by atoms with Crippen LogP contribution in [0.3, 0.4) is 0 Å². The summed E-state index contributed by atoms with van der Waals surface area (Å²) in [5, 5.41) is 3.28. The zero-order chi connectivity index (χ0) is 10.6. The lowest BCUT2D eigenvalue weighted by molar-refractivity contribution is 0.0917. The van der Waals surface area contributed by atoms with Crippen molar-refractivity contribution >= 4 is 0 Å². The Morgan fingerprint density at radius 3 is 2.79 bits per heavy atom. The Balaban J connectivity index is 2.47. The van der Waals surface area contributed by atoms with Crippen LogP contribution in [0, 0.1) is 5.92 Å². The van der Waals surface area contributed by atoms with Crippen LogP contribution in [0.15, 0.2) is 0 Å². The highest BCUT2D eigenvalue weighted by Gasteiger charge is 2.39. The van der Waals surface area contributed by atoms with E-state index in [9.17, 15) is 0 Å². The molecule has 0 bridgehead atoms. The summed E-state index contributed by atoms with van der Waals surface area (Å²) in [6.07, 6.45) is 1.30. The predicted octanol–water partition coefficient (Wildman–Crippen LogP) is 0.953. The number of nitrogens with one attached hydrogen (secondary N) is 1. The van der Waals surface area contributed by atoms with Gasteiger partial charge in [0.2, 0.25) is 0 Å². The van der Waals surface area contributed by atoms with E-state index in [0.29, 0.717) is 5.54 Å². The third-order valence-corrected chi connectivity index (χ3v) is 3.58. The van der Waals surface area contributed by atoms with Crippen LogP contribution in [-0.4, -0.2) is 50.8 Å². The molecule has 0 aromatic carbocycles. The van der Waals surface area contributed by atoms with Crippen molar-refractivity contribution < 1.29 is 4.74 Å². The van der Waals surface area contributed by atoms with Crippen molar-refractivity contribution in [2.45, 2.75) is 25.8 Å². The van der Waals surface area contributed by atoms with Crippen molar-refractivity contribution in [1.29, 1.82) is 0 Å². The van der Waals surface area contributed by atoms with E-state index < -0.39 is 0 Å². The number of methoxy groups -OCH3 is 1. The first-order valence-corrected chi connectivity index (χ1v) is 5.51. The molecule has 1 aliphatic heterocycles. The average Bonchev–Trinajstić information content (AvgIpc) is 2.41. The Bertz CT molecular complexity index is 171. The molecular weight excluding hydrogens is 176 g/mol. The lowest BCUT2D eigenvalue weighted by Crippen LogP contribution is -2.46. The second-order valence-corrected chi connectivity index (χ2v) is 4.68. The average molecular weight is 200 g/mol. The van der Waals surface area contributed by atoms with Gasteiger partial charge in [-0.05, 0) is 46.3 Å². The molecule has 1 rings (SSSR count). The molecule has 0 aromatic rings. The molecule has 0 amide bonds. The fourth-order valence-corrected chi connectivity index (χ4v) is 2.41. The zero-order valence-electron chi connectivity index (χ0n) is 9.97. The zero-order valence-corrected chi connectivity index (χ0v) is 9.97. The number of rotatable bonds is 5. The predicted molar refractivity (Wildman–Crippen MR) is 59.6 cm³/mol. The smallest absolute Gasteiger partial charge is 0.0589 e. The van der Waals surface area contributed by atoms with E-state index in [-0.39, 0.29) is 0 Å². The molecule has 0 aromatic heterocycles. The molecule has 1 saturated heterocycles. The quantitative estimate of drug-likeness (QED) is 0.715. The lowest BCUT2D eigenvalue weighted by atomic mass is 9.88. The van der Waals surface area contributed by atoms with Crippen molar-refractivity contribution in [3.8, 4) is 0 Å². The van der Waals surface area contributed by atoms with Gasteiger partial charge in [0.15, 0.2) is 0 Å². The Hall–Kier alpha value is -0.120. The third-order valence-electron chi connectivity index (χ3n) is 3.58. The van der Waals surface area contributed by atoms with E-state index in [1.807, 2.05) is 7.05 Å². The summed E-state index contributed by atoms with van der Waals surface area (Å²) in [5.41, 5.74) is 0.321. The second-order valence-electron chi connectivity index (χ2n) is 4.68. The van der Waals surface area contributed by atoms with Crippen LogP contribution in [0.2, 0.25) is 0 Å². The first-order valence-electron chi connectivity index (χ1n) is 5.51. The molecule has 0 spiro atoms. The first-order chi connectivity index (χ1) is 6.62. The molecule has 1 heterocycles. The summed E-state index contributed by atoms with van der Waals surface area (Å²) in [6, 6.07) is 0. The number of hydrogen-bond donors (Lipinski definition) is 1. The van der Waals surface area contributed by atoms with Crippen molar-refractivity contribution in [2.75, 3.05) is 40.4 Å². The summed E-state index contributed by atoms with van der Waals surface area (Å²) in [6.45, 7) is 8.92. The Kier molecular flexibility index (Phi) is 4.35. The highest BCUT2D eigenvalue weighted by Crippen LogP contribution is 2.33. The van der Waals surface area contributed by atoms with Crippen LogP contribution in [0.1, 0.15) is 20.3 Å². The molecule has 0 radical (unpaired) electrons. The number of hydrogen-bond acceptors (Lipinski definition) is 3. The van der Waals surface area contributed by atoms with Crippen LogP contribution in [0.25, 0.3) is 0 Å². The van der Waals surface area contributed by atoms with Crippen LogP contribution in [0.5, 0.6) is 0 Å². The Morgan fingerprint density at radius 2 is 2.21 bits per heavy atom. The molecule has 1 N–H and O–H groups in total. The van der Waals surface area contributed by atoms with Gasteiger partial charge in [0.05, 0.1) is 6.61 Å². The Labute approximate surface area is 87.8 Å². The highest BCUT2D eigenvalue weighted by molar-refractivity contribution is 4.95. The van der Waals surface area contributed by atoms with E-state index >= 15 is 0 Å². The van der Waals surface area contributed by atoms with Gasteiger partial charge >= 0.3 is 0 Å². The van der Waals surface area contributed by atoms with E-state index in [4.69, 9.17) is 4.74 Å². The van der Waals surface area contributed by atoms with Gasteiger partial charge < -0.3 is 10.1 Å². The lowest BCUT2D eigenvalue weighted by Gasteiger charge is -2.36. The van der Waals surface area contributed by atoms with Gasteiger partial charge in [-0.15, -0.1) is 0 Å². The van der Waals surface area contributed by atoms with Gasteiger partial charge in [-0.1, -0.05) is 0 Å². The normalized spacial score (nSPS) is 27.0. The second kappa shape index (κ2) is 5.10. The molecule has 3 heteroatoms. The monoisotopic (exact) mass is 200 g/mol. The number of nitrogens with zero attached hydrogens (tertiary/aromatic N) is 1. The molecule has 84 valence electrons. The largest absolute Gasteiger partial charge is 0.383 e. The summed E-state index contributed by atoms with van der Waals surface area (Å²) < 4.78 is 5.14. The summed E-state index contributed by atoms with van der Waals surface area (Å²) in [5.74, 6) is 0.768. The third kappa shape index (κ3) is 2.47. The van der Waals surface area contributed by atoms with Gasteiger partial charge in [0, 0.05) is 19.2 Å². The van der Waals surface area contributed by atoms with E-state index in [1.54, 1.807) is 7.11 Å². The number of likely N-dealkylation sites (tertiary alicyclic amines) is 1. The van der Waals surface area contributed by atoms with Gasteiger partial charge in [-0.3, -0.25) is 4.90 Å². The Morgan fingerprint density at radius 1 is 1.50 bits per heavy atom. The minimum Gasteiger partial charge on any atom is -0.383 e. The van der Waals surface area contributed by atoms with E-state index in [0.717, 1.165) is 25.6 Å². The van der Waals surface area contributed by atoms with Gasteiger partial charge in [-0.25, -0.2) is 0 Å². The fourth-order valence-electron chi connectivity index (χ4n) is 2.41. The van der Waals surface area contributed by atoms with Gasteiger partial charge in [-0.2, -0.15) is 0 Å². The number of ether oxygens (including phenoxy) is 1.